The van der Waals surface area contributed by atoms with Gasteiger partial charge in [-0.2, -0.15) is 0 Å². The van der Waals surface area contributed by atoms with E-state index in [0.717, 1.165) is 19.0 Å². The first-order chi connectivity index (χ1) is 11.1. The van der Waals surface area contributed by atoms with Gasteiger partial charge in [0.2, 0.25) is 5.91 Å². The summed E-state index contributed by atoms with van der Waals surface area (Å²) in [7, 11) is 0. The van der Waals surface area contributed by atoms with E-state index in [4.69, 9.17) is 0 Å². The Labute approximate surface area is 140 Å². The maximum atomic E-state index is 12.3. The van der Waals surface area contributed by atoms with Gasteiger partial charge in [-0.3, -0.25) is 9.69 Å². The van der Waals surface area contributed by atoms with Crippen molar-refractivity contribution in [1.82, 2.24) is 10.2 Å². The van der Waals surface area contributed by atoms with Crippen molar-refractivity contribution in [2.45, 2.75) is 58.4 Å². The van der Waals surface area contributed by atoms with Crippen LogP contribution in [0.2, 0.25) is 0 Å². The van der Waals surface area contributed by atoms with E-state index in [0.29, 0.717) is 6.54 Å². The molecular formula is C20H30N2O. The highest BCUT2D eigenvalue weighted by atomic mass is 16.2. The highest BCUT2D eigenvalue weighted by molar-refractivity contribution is 5.78. The number of hydrogen-bond acceptors (Lipinski definition) is 2. The topological polar surface area (TPSA) is 32.3 Å². The Bertz CT molecular complexity index is 547. The minimum atomic E-state index is 0.0958. The molecular weight excluding hydrogens is 284 g/mol. The summed E-state index contributed by atoms with van der Waals surface area (Å²) in [6.45, 7) is 7.06. The van der Waals surface area contributed by atoms with E-state index >= 15 is 0 Å². The molecule has 0 bridgehead atoms. The molecule has 3 nitrogen and oxygen atoms in total. The van der Waals surface area contributed by atoms with Crippen LogP contribution in [0.5, 0.6) is 0 Å². The van der Waals surface area contributed by atoms with Crippen LogP contribution in [0.15, 0.2) is 18.2 Å². The summed E-state index contributed by atoms with van der Waals surface area (Å²) in [6, 6.07) is 6.86. The Morgan fingerprint density at radius 3 is 2.65 bits per heavy atom. The van der Waals surface area contributed by atoms with E-state index in [1.165, 1.54) is 55.2 Å². The number of rotatable bonds is 4. The van der Waals surface area contributed by atoms with Crippen LogP contribution in [-0.2, 0) is 17.6 Å². The fourth-order valence-corrected chi connectivity index (χ4v) is 3.82. The number of carbonyl (C=O) groups is 1. The van der Waals surface area contributed by atoms with Crippen molar-refractivity contribution in [2.75, 3.05) is 19.6 Å². The molecule has 1 aromatic carbocycles. The van der Waals surface area contributed by atoms with E-state index in [1.807, 2.05) is 0 Å². The molecule has 1 aromatic rings. The summed E-state index contributed by atoms with van der Waals surface area (Å²) in [5.41, 5.74) is 4.23. The van der Waals surface area contributed by atoms with Gasteiger partial charge in [-0.15, -0.1) is 0 Å². The molecule has 1 atom stereocenters. The molecule has 1 fully saturated rings. The summed E-state index contributed by atoms with van der Waals surface area (Å²) in [5, 5.41) is 3.18. The van der Waals surface area contributed by atoms with Gasteiger partial charge in [0.1, 0.15) is 0 Å². The van der Waals surface area contributed by atoms with E-state index in [-0.39, 0.29) is 11.9 Å². The number of hydrogen-bond donors (Lipinski definition) is 1. The molecule has 126 valence electrons. The van der Waals surface area contributed by atoms with Crippen LogP contribution in [0.4, 0.5) is 0 Å². The van der Waals surface area contributed by atoms with Gasteiger partial charge < -0.3 is 5.32 Å². The molecule has 1 unspecified atom stereocenters. The lowest BCUT2D eigenvalue weighted by molar-refractivity contribution is -0.123. The van der Waals surface area contributed by atoms with Gasteiger partial charge in [0.25, 0.3) is 0 Å². The van der Waals surface area contributed by atoms with Gasteiger partial charge in [-0.25, -0.2) is 0 Å². The van der Waals surface area contributed by atoms with Gasteiger partial charge >= 0.3 is 0 Å². The molecule has 0 saturated carbocycles. The smallest absolute Gasteiger partial charge is 0.234 e. The zero-order valence-corrected chi connectivity index (χ0v) is 14.6. The first-order valence-electron chi connectivity index (χ1n) is 9.25. The molecule has 2 aliphatic rings. The number of nitrogens with zero attached hydrogens (tertiary/aromatic N) is 1. The average molecular weight is 314 g/mol. The molecule has 0 spiro atoms. The zero-order chi connectivity index (χ0) is 16.2. The Morgan fingerprint density at radius 2 is 1.91 bits per heavy atom. The van der Waals surface area contributed by atoms with Crippen LogP contribution in [-0.4, -0.2) is 30.4 Å². The van der Waals surface area contributed by atoms with Crippen molar-refractivity contribution in [3.05, 3.63) is 34.9 Å². The van der Waals surface area contributed by atoms with Crippen molar-refractivity contribution in [1.29, 1.82) is 0 Å². The molecule has 1 saturated heterocycles. The summed E-state index contributed by atoms with van der Waals surface area (Å²) in [4.78, 5) is 14.6. The number of likely N-dealkylation sites (tertiary alicyclic amines) is 1. The van der Waals surface area contributed by atoms with Crippen molar-refractivity contribution in [2.24, 2.45) is 5.92 Å². The molecule has 1 aliphatic heterocycles. The quantitative estimate of drug-likeness (QED) is 0.923. The monoisotopic (exact) mass is 314 g/mol. The second-order valence-corrected chi connectivity index (χ2v) is 7.48. The molecule has 0 aromatic heterocycles. The minimum absolute atomic E-state index is 0.0958. The number of carbonyl (C=O) groups excluding carboxylic acids is 1. The highest BCUT2D eigenvalue weighted by Gasteiger charge is 2.19. The molecule has 0 radical (unpaired) electrons. The van der Waals surface area contributed by atoms with Crippen molar-refractivity contribution in [3.8, 4) is 0 Å². The number of amides is 1. The summed E-state index contributed by atoms with van der Waals surface area (Å²) < 4.78 is 0. The Hall–Kier alpha value is -1.35. The molecule has 1 amide bonds. The van der Waals surface area contributed by atoms with E-state index < -0.39 is 0 Å². The Kier molecular flexibility index (Phi) is 5.37. The second kappa shape index (κ2) is 7.48. The van der Waals surface area contributed by atoms with E-state index in [2.05, 4.69) is 42.3 Å². The van der Waals surface area contributed by atoms with Crippen molar-refractivity contribution >= 4 is 5.91 Å². The zero-order valence-electron chi connectivity index (χ0n) is 14.6. The lowest BCUT2D eigenvalue weighted by atomic mass is 9.89. The predicted octanol–water partition coefficient (Wildman–Crippen LogP) is 3.47. The number of benzene rings is 1. The Balaban J connectivity index is 1.54. The lowest BCUT2D eigenvalue weighted by Gasteiger charge is -2.30. The summed E-state index contributed by atoms with van der Waals surface area (Å²) in [5.74, 6) is 0.966. The lowest BCUT2D eigenvalue weighted by Crippen LogP contribution is -2.41. The van der Waals surface area contributed by atoms with Gasteiger partial charge in [0.05, 0.1) is 12.6 Å². The summed E-state index contributed by atoms with van der Waals surface area (Å²) >= 11 is 0. The van der Waals surface area contributed by atoms with E-state index in [1.54, 1.807) is 0 Å². The standard InChI is InChI=1S/C20H30N2O/c1-15-9-11-22(12-10-15)14-20(23)21-16(2)18-8-7-17-5-3-4-6-19(17)13-18/h7-8,13,15-16H,3-6,9-12,14H2,1-2H3,(H,21,23). The maximum Gasteiger partial charge on any atom is 0.234 e. The third kappa shape index (κ3) is 4.35. The van der Waals surface area contributed by atoms with Crippen LogP contribution >= 0.6 is 0 Å². The third-order valence-corrected chi connectivity index (χ3v) is 5.49. The molecule has 1 N–H and O–H groups in total. The van der Waals surface area contributed by atoms with Crippen LogP contribution < -0.4 is 5.32 Å². The first kappa shape index (κ1) is 16.5. The number of fused-ring (bicyclic) bond motifs is 1. The maximum absolute atomic E-state index is 12.3. The van der Waals surface area contributed by atoms with E-state index in [9.17, 15) is 4.79 Å². The SMILES string of the molecule is CC1CCN(CC(=O)NC(C)c2ccc3c(c2)CCCC3)CC1. The average Bonchev–Trinajstić information content (AvgIpc) is 2.56. The largest absolute Gasteiger partial charge is 0.348 e. The highest BCUT2D eigenvalue weighted by Crippen LogP contribution is 2.24. The molecule has 1 heterocycles. The van der Waals surface area contributed by atoms with Gasteiger partial charge in [-0.1, -0.05) is 25.1 Å². The van der Waals surface area contributed by atoms with Crippen LogP contribution in [0, 0.1) is 5.92 Å². The fourth-order valence-electron chi connectivity index (χ4n) is 3.82. The third-order valence-electron chi connectivity index (χ3n) is 5.49. The second-order valence-electron chi connectivity index (χ2n) is 7.48. The fraction of sp³-hybridized carbons (Fsp3) is 0.650. The van der Waals surface area contributed by atoms with Crippen LogP contribution in [0.3, 0.4) is 0 Å². The van der Waals surface area contributed by atoms with Gasteiger partial charge in [0, 0.05) is 0 Å². The normalized spacial score (nSPS) is 20.8. The Morgan fingerprint density at radius 1 is 1.22 bits per heavy atom. The van der Waals surface area contributed by atoms with Gasteiger partial charge in [-0.05, 0) is 81.1 Å². The van der Waals surface area contributed by atoms with Crippen molar-refractivity contribution < 1.29 is 4.79 Å². The first-order valence-corrected chi connectivity index (χ1v) is 9.25. The minimum Gasteiger partial charge on any atom is -0.348 e. The summed E-state index contributed by atoms with van der Waals surface area (Å²) in [6.07, 6.45) is 7.44. The van der Waals surface area contributed by atoms with Crippen LogP contribution in [0.25, 0.3) is 0 Å². The molecule has 3 rings (SSSR count). The number of piperidine rings is 1. The number of aryl methyl sites for hydroxylation is 2. The van der Waals surface area contributed by atoms with Gasteiger partial charge in [0.15, 0.2) is 0 Å². The molecule has 1 aliphatic carbocycles. The van der Waals surface area contributed by atoms with Crippen LogP contribution in [0.1, 0.15) is 62.3 Å². The number of nitrogens with one attached hydrogen (secondary N) is 1. The molecule has 23 heavy (non-hydrogen) atoms. The van der Waals surface area contributed by atoms with Crippen molar-refractivity contribution in [3.63, 3.8) is 0 Å². The predicted molar refractivity (Wildman–Crippen MR) is 94.5 cm³/mol. The molecule has 3 heteroatoms.